The van der Waals surface area contributed by atoms with Gasteiger partial charge in [-0.15, -0.1) is 0 Å². The number of rotatable bonds is 5. The van der Waals surface area contributed by atoms with Crippen LogP contribution in [0.25, 0.3) is 11.1 Å². The maximum absolute atomic E-state index is 13.1. The molecule has 0 aromatic heterocycles. The predicted octanol–water partition coefficient (Wildman–Crippen LogP) is 6.81. The third-order valence-corrected chi connectivity index (χ3v) is 7.51. The second-order valence-corrected chi connectivity index (χ2v) is 13.5. The number of nitrogens with zero attached hydrogens (tertiary/aromatic N) is 2. The fourth-order valence-electron chi connectivity index (χ4n) is 5.43. The molecule has 0 radical (unpaired) electrons. The number of ether oxygens (including phenoxy) is 2. The van der Waals surface area contributed by atoms with Crippen molar-refractivity contribution in [3.8, 4) is 11.1 Å². The van der Waals surface area contributed by atoms with Gasteiger partial charge in [0.05, 0.1) is 0 Å². The van der Waals surface area contributed by atoms with Crippen LogP contribution in [0.15, 0.2) is 48.5 Å². The van der Waals surface area contributed by atoms with Crippen molar-refractivity contribution in [1.82, 2.24) is 9.80 Å². The molecule has 44 heavy (non-hydrogen) atoms. The Hall–Kier alpha value is -4.08. The number of carbonyl (C=O) groups excluding carboxylic acids is 4. The summed E-state index contributed by atoms with van der Waals surface area (Å²) in [5.74, 6) is -0.460. The van der Waals surface area contributed by atoms with Crippen LogP contribution in [0.3, 0.4) is 0 Å². The smallest absolute Gasteiger partial charge is 0.410 e. The van der Waals surface area contributed by atoms with Crippen molar-refractivity contribution in [3.05, 3.63) is 48.5 Å². The van der Waals surface area contributed by atoms with Crippen molar-refractivity contribution in [2.45, 2.75) is 103 Å². The van der Waals surface area contributed by atoms with Gasteiger partial charge in [0.1, 0.15) is 23.3 Å². The Bertz CT molecular complexity index is 1220. The summed E-state index contributed by atoms with van der Waals surface area (Å²) in [5, 5.41) is 5.90. The molecule has 2 heterocycles. The Morgan fingerprint density at radius 1 is 0.591 bits per heavy atom. The van der Waals surface area contributed by atoms with Gasteiger partial charge in [0.15, 0.2) is 0 Å². The Morgan fingerprint density at radius 2 is 0.932 bits per heavy atom. The van der Waals surface area contributed by atoms with Gasteiger partial charge in [-0.1, -0.05) is 24.3 Å². The fourth-order valence-corrected chi connectivity index (χ4v) is 5.43. The first-order valence-corrected chi connectivity index (χ1v) is 15.5. The monoisotopic (exact) mass is 606 g/mol. The number of likely N-dealkylation sites (tertiary alicyclic amines) is 2. The molecular weight excluding hydrogens is 560 g/mol. The van der Waals surface area contributed by atoms with Crippen LogP contribution in [0.1, 0.15) is 80.1 Å². The summed E-state index contributed by atoms with van der Waals surface area (Å²) in [6.45, 7) is 11.9. The van der Waals surface area contributed by atoms with Gasteiger partial charge in [0, 0.05) is 24.5 Å². The molecule has 2 fully saturated rings. The zero-order valence-electron chi connectivity index (χ0n) is 26.8. The molecule has 4 rings (SSSR count). The van der Waals surface area contributed by atoms with Crippen LogP contribution in [0.2, 0.25) is 0 Å². The van der Waals surface area contributed by atoms with E-state index in [4.69, 9.17) is 9.47 Å². The van der Waals surface area contributed by atoms with Crippen LogP contribution < -0.4 is 10.6 Å². The van der Waals surface area contributed by atoms with E-state index >= 15 is 0 Å². The minimum atomic E-state index is -0.631. The van der Waals surface area contributed by atoms with Crippen molar-refractivity contribution >= 4 is 35.4 Å². The molecule has 2 N–H and O–H groups in total. The van der Waals surface area contributed by atoms with E-state index in [0.717, 1.165) is 36.8 Å². The first-order chi connectivity index (χ1) is 20.7. The summed E-state index contributed by atoms with van der Waals surface area (Å²) < 4.78 is 11.1. The molecular formula is C34H46N4O6. The molecule has 2 aliphatic rings. The molecule has 0 unspecified atom stereocenters. The largest absolute Gasteiger partial charge is 0.444 e. The van der Waals surface area contributed by atoms with Crippen LogP contribution in [0.4, 0.5) is 21.0 Å². The van der Waals surface area contributed by atoms with Gasteiger partial charge in [-0.3, -0.25) is 19.4 Å². The lowest BCUT2D eigenvalue weighted by Crippen LogP contribution is -2.51. The maximum Gasteiger partial charge on any atom is 0.410 e. The lowest BCUT2D eigenvalue weighted by Gasteiger charge is -2.35. The van der Waals surface area contributed by atoms with Gasteiger partial charge >= 0.3 is 12.2 Å². The number of anilines is 2. The molecule has 2 saturated heterocycles. The lowest BCUT2D eigenvalue weighted by molar-refractivity contribution is -0.123. The van der Waals surface area contributed by atoms with Gasteiger partial charge in [-0.2, -0.15) is 0 Å². The molecule has 2 aromatic carbocycles. The summed E-state index contributed by atoms with van der Waals surface area (Å²) in [4.78, 5) is 54.8. The summed E-state index contributed by atoms with van der Waals surface area (Å²) in [6, 6.07) is 13.8. The van der Waals surface area contributed by atoms with Crippen molar-refractivity contribution in [2.24, 2.45) is 0 Å². The van der Waals surface area contributed by atoms with Crippen molar-refractivity contribution < 1.29 is 28.7 Å². The van der Waals surface area contributed by atoms with E-state index in [2.05, 4.69) is 10.6 Å². The minimum absolute atomic E-state index is 0.230. The number of hydrogen-bond acceptors (Lipinski definition) is 6. The number of carbonyl (C=O) groups is 4. The van der Waals surface area contributed by atoms with Crippen LogP contribution >= 0.6 is 0 Å². The molecule has 238 valence electrons. The average Bonchev–Trinajstić information content (AvgIpc) is 2.96. The molecule has 2 atom stereocenters. The summed E-state index contributed by atoms with van der Waals surface area (Å²) in [6.07, 6.45) is 3.66. The molecule has 10 nitrogen and oxygen atoms in total. The predicted molar refractivity (Wildman–Crippen MR) is 170 cm³/mol. The zero-order valence-corrected chi connectivity index (χ0v) is 26.8. The van der Waals surface area contributed by atoms with Crippen molar-refractivity contribution in [1.29, 1.82) is 0 Å². The van der Waals surface area contributed by atoms with Gasteiger partial charge in [0.2, 0.25) is 11.8 Å². The molecule has 0 bridgehead atoms. The molecule has 10 heteroatoms. The summed E-state index contributed by atoms with van der Waals surface area (Å²) in [5.41, 5.74) is 1.90. The SMILES string of the molecule is CC(C)(C)OC(=O)N1CCCC[C@H]1C(=O)Nc1ccc(-c2ccc(NC(=O)[C@@H]3CCCCN3C(=O)OC(C)(C)C)cc2)cc1. The Kier molecular flexibility index (Phi) is 10.2. The number of amides is 4. The van der Waals surface area contributed by atoms with E-state index in [9.17, 15) is 19.2 Å². The molecule has 0 saturated carbocycles. The number of benzene rings is 2. The van der Waals surface area contributed by atoms with Crippen LogP contribution in [0.5, 0.6) is 0 Å². The van der Waals surface area contributed by atoms with E-state index < -0.39 is 35.5 Å². The first kappa shape index (κ1) is 32.8. The van der Waals surface area contributed by atoms with Crippen LogP contribution in [-0.2, 0) is 19.1 Å². The van der Waals surface area contributed by atoms with Gasteiger partial charge in [-0.25, -0.2) is 9.59 Å². The van der Waals surface area contributed by atoms with Gasteiger partial charge in [-0.05, 0) is 115 Å². The molecule has 4 amide bonds. The Balaban J connectivity index is 1.35. The van der Waals surface area contributed by atoms with Crippen molar-refractivity contribution in [3.63, 3.8) is 0 Å². The molecule has 2 aliphatic heterocycles. The summed E-state index contributed by atoms with van der Waals surface area (Å²) >= 11 is 0. The third-order valence-electron chi connectivity index (χ3n) is 7.51. The topological polar surface area (TPSA) is 117 Å². The van der Waals surface area contributed by atoms with Crippen LogP contribution in [0, 0.1) is 0 Å². The quantitative estimate of drug-likeness (QED) is 0.386. The van der Waals surface area contributed by atoms with Gasteiger partial charge in [0.25, 0.3) is 0 Å². The normalized spacial score (nSPS) is 19.1. The van der Waals surface area contributed by atoms with Crippen molar-refractivity contribution in [2.75, 3.05) is 23.7 Å². The highest BCUT2D eigenvalue weighted by atomic mass is 16.6. The second-order valence-electron chi connectivity index (χ2n) is 13.5. The van der Waals surface area contributed by atoms with E-state index in [-0.39, 0.29) is 11.8 Å². The minimum Gasteiger partial charge on any atom is -0.444 e. The molecule has 0 spiro atoms. The van der Waals surface area contributed by atoms with E-state index in [1.807, 2.05) is 90.1 Å². The van der Waals surface area contributed by atoms with Gasteiger partial charge < -0.3 is 20.1 Å². The number of hydrogen-bond donors (Lipinski definition) is 2. The highest BCUT2D eigenvalue weighted by Crippen LogP contribution is 2.26. The Labute approximate surface area is 260 Å². The third kappa shape index (κ3) is 8.97. The zero-order chi connectivity index (χ0) is 32.1. The molecule has 2 aromatic rings. The standard InChI is InChI=1S/C34H46N4O6/c1-33(2,3)43-31(41)37-21-9-7-11-27(37)29(39)35-25-17-13-23(14-18-25)24-15-19-26(20-16-24)36-30(40)28-12-8-10-22-38(28)32(42)44-34(4,5)6/h13-20,27-28H,7-12,21-22H2,1-6H3,(H,35,39)(H,36,40)/t27-,28-/m0/s1. The van der Waals surface area contributed by atoms with Crippen LogP contribution in [-0.4, -0.2) is 70.2 Å². The second kappa shape index (κ2) is 13.7. The van der Waals surface area contributed by atoms with E-state index in [0.29, 0.717) is 37.3 Å². The van der Waals surface area contributed by atoms with E-state index in [1.165, 1.54) is 9.80 Å². The number of nitrogens with one attached hydrogen (secondary N) is 2. The lowest BCUT2D eigenvalue weighted by atomic mass is 10.0. The Morgan fingerprint density at radius 3 is 1.25 bits per heavy atom. The number of piperidine rings is 2. The highest BCUT2D eigenvalue weighted by molar-refractivity contribution is 5.98. The highest BCUT2D eigenvalue weighted by Gasteiger charge is 2.36. The average molecular weight is 607 g/mol. The first-order valence-electron chi connectivity index (χ1n) is 15.5. The maximum atomic E-state index is 13.1. The molecule has 0 aliphatic carbocycles. The fraction of sp³-hybridized carbons (Fsp3) is 0.529. The summed E-state index contributed by atoms with van der Waals surface area (Å²) in [7, 11) is 0. The van der Waals surface area contributed by atoms with E-state index in [1.54, 1.807) is 0 Å².